The van der Waals surface area contributed by atoms with Crippen LogP contribution < -0.4 is 10.6 Å². The lowest BCUT2D eigenvalue weighted by Gasteiger charge is -2.32. The van der Waals surface area contributed by atoms with E-state index < -0.39 is 0 Å². The molecule has 18 heavy (non-hydrogen) atoms. The van der Waals surface area contributed by atoms with Gasteiger partial charge in [0.1, 0.15) is 0 Å². The fourth-order valence-corrected chi connectivity index (χ4v) is 4.75. The van der Waals surface area contributed by atoms with Gasteiger partial charge in [0.25, 0.3) is 0 Å². The predicted octanol–water partition coefficient (Wildman–Crippen LogP) is 1.96. The van der Waals surface area contributed by atoms with Crippen LogP contribution in [0.5, 0.6) is 0 Å². The molecule has 2 N–H and O–H groups in total. The lowest BCUT2D eigenvalue weighted by Crippen LogP contribution is -2.43. The maximum Gasteiger partial charge on any atom is 0.221 e. The van der Waals surface area contributed by atoms with Gasteiger partial charge in [0.2, 0.25) is 5.91 Å². The summed E-state index contributed by atoms with van der Waals surface area (Å²) in [4.78, 5) is 11.8. The van der Waals surface area contributed by atoms with E-state index in [4.69, 9.17) is 0 Å². The Morgan fingerprint density at radius 2 is 1.94 bits per heavy atom. The topological polar surface area (TPSA) is 41.1 Å². The van der Waals surface area contributed by atoms with E-state index in [0.29, 0.717) is 12.5 Å². The average Bonchev–Trinajstić information content (AvgIpc) is 2.96. The largest absolute Gasteiger partial charge is 0.353 e. The normalized spacial score (nSPS) is 40.4. The number of halogens is 1. The number of hydrogen-bond acceptors (Lipinski definition) is 2. The first kappa shape index (κ1) is 14.1. The molecule has 3 saturated carbocycles. The number of carbonyl (C=O) groups is 1. The smallest absolute Gasteiger partial charge is 0.221 e. The van der Waals surface area contributed by atoms with Crippen molar-refractivity contribution >= 4 is 18.3 Å². The molecular weight excluding hydrogens is 248 g/mol. The molecule has 3 aliphatic carbocycles. The van der Waals surface area contributed by atoms with Crippen LogP contribution >= 0.6 is 12.4 Å². The summed E-state index contributed by atoms with van der Waals surface area (Å²) in [6.45, 7) is 0.790. The van der Waals surface area contributed by atoms with Crippen molar-refractivity contribution in [2.75, 3.05) is 13.6 Å². The van der Waals surface area contributed by atoms with Crippen molar-refractivity contribution in [3.8, 4) is 0 Å². The standard InChI is InChI=1S/C14H24N2O.ClH/c1-15-6-5-14(17)16-13-8-9-7-12(13)11-4-2-3-10(9)11;/h9-13,15H,2-8H2,1H3,(H,16,17);1H. The molecule has 4 heteroatoms. The molecule has 5 unspecified atom stereocenters. The Morgan fingerprint density at radius 3 is 2.72 bits per heavy atom. The van der Waals surface area contributed by atoms with Gasteiger partial charge in [-0.1, -0.05) is 6.42 Å². The first-order valence-electron chi connectivity index (χ1n) is 7.23. The van der Waals surface area contributed by atoms with Crippen LogP contribution in [0.15, 0.2) is 0 Å². The first-order chi connectivity index (χ1) is 8.29. The van der Waals surface area contributed by atoms with Crippen LogP contribution in [0.1, 0.15) is 38.5 Å². The van der Waals surface area contributed by atoms with E-state index in [2.05, 4.69) is 10.6 Å². The highest BCUT2D eigenvalue weighted by molar-refractivity contribution is 5.85. The fraction of sp³-hybridized carbons (Fsp3) is 0.929. The zero-order chi connectivity index (χ0) is 11.8. The molecular formula is C14H25ClN2O. The molecule has 104 valence electrons. The zero-order valence-corrected chi connectivity index (χ0v) is 12.0. The van der Waals surface area contributed by atoms with E-state index in [0.717, 1.165) is 30.2 Å². The molecule has 3 rings (SSSR count). The number of amides is 1. The van der Waals surface area contributed by atoms with Crippen molar-refractivity contribution < 1.29 is 4.79 Å². The summed E-state index contributed by atoms with van der Waals surface area (Å²) in [5, 5.41) is 6.31. The molecule has 3 nitrogen and oxygen atoms in total. The van der Waals surface area contributed by atoms with Crippen LogP contribution in [0.4, 0.5) is 0 Å². The van der Waals surface area contributed by atoms with Gasteiger partial charge in [-0.05, 0) is 56.4 Å². The second-order valence-electron chi connectivity index (χ2n) is 6.18. The molecule has 3 fully saturated rings. The monoisotopic (exact) mass is 272 g/mol. The molecule has 0 heterocycles. The molecule has 0 aromatic heterocycles. The van der Waals surface area contributed by atoms with E-state index in [1.165, 1.54) is 32.1 Å². The van der Waals surface area contributed by atoms with E-state index >= 15 is 0 Å². The van der Waals surface area contributed by atoms with Gasteiger partial charge in [0, 0.05) is 19.0 Å². The lowest BCUT2D eigenvalue weighted by atomic mass is 9.79. The van der Waals surface area contributed by atoms with Gasteiger partial charge in [0.05, 0.1) is 0 Å². The maximum absolute atomic E-state index is 11.8. The number of fused-ring (bicyclic) bond motifs is 5. The second-order valence-corrected chi connectivity index (χ2v) is 6.18. The van der Waals surface area contributed by atoms with Crippen LogP contribution in [0.2, 0.25) is 0 Å². The molecule has 3 aliphatic rings. The van der Waals surface area contributed by atoms with Crippen LogP contribution in [-0.4, -0.2) is 25.5 Å². The van der Waals surface area contributed by atoms with Crippen molar-refractivity contribution in [3.63, 3.8) is 0 Å². The molecule has 0 aromatic carbocycles. The highest BCUT2D eigenvalue weighted by atomic mass is 35.5. The Balaban J connectivity index is 0.00000120. The Morgan fingerprint density at radius 1 is 1.17 bits per heavy atom. The summed E-state index contributed by atoms with van der Waals surface area (Å²) in [6, 6.07) is 0.503. The molecule has 0 spiro atoms. The molecule has 1 amide bonds. The molecule has 0 radical (unpaired) electrons. The minimum absolute atomic E-state index is 0. The molecule has 0 aromatic rings. The van der Waals surface area contributed by atoms with Gasteiger partial charge in [-0.25, -0.2) is 0 Å². The average molecular weight is 273 g/mol. The minimum atomic E-state index is 0. The molecule has 2 bridgehead atoms. The fourth-order valence-electron chi connectivity index (χ4n) is 4.75. The van der Waals surface area contributed by atoms with Crippen LogP contribution in [0.25, 0.3) is 0 Å². The van der Waals surface area contributed by atoms with Crippen molar-refractivity contribution in [1.29, 1.82) is 0 Å². The maximum atomic E-state index is 11.8. The van der Waals surface area contributed by atoms with E-state index in [-0.39, 0.29) is 18.3 Å². The number of rotatable bonds is 4. The van der Waals surface area contributed by atoms with E-state index in [9.17, 15) is 4.79 Å². The van der Waals surface area contributed by atoms with Gasteiger partial charge in [-0.3, -0.25) is 4.79 Å². The van der Waals surface area contributed by atoms with Gasteiger partial charge in [-0.2, -0.15) is 0 Å². The molecule has 0 aliphatic heterocycles. The van der Waals surface area contributed by atoms with Crippen molar-refractivity contribution in [1.82, 2.24) is 10.6 Å². The number of hydrogen-bond donors (Lipinski definition) is 2. The van der Waals surface area contributed by atoms with Crippen LogP contribution in [-0.2, 0) is 4.79 Å². The SMILES string of the molecule is CNCCC(=O)NC1CC2CC1C1CCCC21.Cl. The van der Waals surface area contributed by atoms with Crippen LogP contribution in [0, 0.1) is 23.7 Å². The van der Waals surface area contributed by atoms with Crippen LogP contribution in [0.3, 0.4) is 0 Å². The summed E-state index contributed by atoms with van der Waals surface area (Å²) in [7, 11) is 1.90. The van der Waals surface area contributed by atoms with Gasteiger partial charge in [0.15, 0.2) is 0 Å². The highest BCUT2D eigenvalue weighted by Gasteiger charge is 2.53. The minimum Gasteiger partial charge on any atom is -0.353 e. The number of nitrogens with one attached hydrogen (secondary N) is 2. The van der Waals surface area contributed by atoms with Crippen molar-refractivity contribution in [3.05, 3.63) is 0 Å². The highest BCUT2D eigenvalue weighted by Crippen LogP contribution is 2.58. The Kier molecular flexibility index (Phi) is 4.54. The lowest BCUT2D eigenvalue weighted by molar-refractivity contribution is -0.122. The van der Waals surface area contributed by atoms with Gasteiger partial charge < -0.3 is 10.6 Å². The third-order valence-corrected chi connectivity index (χ3v) is 5.38. The van der Waals surface area contributed by atoms with Crippen molar-refractivity contribution in [2.24, 2.45) is 23.7 Å². The summed E-state index contributed by atoms with van der Waals surface area (Å²) < 4.78 is 0. The van der Waals surface area contributed by atoms with Gasteiger partial charge >= 0.3 is 0 Å². The van der Waals surface area contributed by atoms with E-state index in [1.54, 1.807) is 0 Å². The zero-order valence-electron chi connectivity index (χ0n) is 11.2. The van der Waals surface area contributed by atoms with E-state index in [1.807, 2.05) is 7.05 Å². The first-order valence-corrected chi connectivity index (χ1v) is 7.23. The third-order valence-electron chi connectivity index (χ3n) is 5.38. The van der Waals surface area contributed by atoms with Gasteiger partial charge in [-0.15, -0.1) is 12.4 Å². The predicted molar refractivity (Wildman–Crippen MR) is 74.8 cm³/mol. The Labute approximate surface area is 116 Å². The summed E-state index contributed by atoms with van der Waals surface area (Å²) in [6.07, 6.45) is 7.60. The molecule has 0 saturated heterocycles. The Hall–Kier alpha value is -0.280. The summed E-state index contributed by atoms with van der Waals surface area (Å²) >= 11 is 0. The second kappa shape index (κ2) is 5.79. The summed E-state index contributed by atoms with van der Waals surface area (Å²) in [5.74, 6) is 3.95. The Bertz CT molecular complexity index is 310. The summed E-state index contributed by atoms with van der Waals surface area (Å²) in [5.41, 5.74) is 0. The third kappa shape index (κ3) is 2.39. The quantitative estimate of drug-likeness (QED) is 0.821. The van der Waals surface area contributed by atoms with Crippen molar-refractivity contribution in [2.45, 2.75) is 44.6 Å². The molecule has 5 atom stereocenters. The number of carbonyl (C=O) groups excluding carboxylic acids is 1.